The number of amides is 1. The number of rotatable bonds is 5. The maximum absolute atomic E-state index is 12.7. The number of anilines is 1. The first-order valence-corrected chi connectivity index (χ1v) is 10.9. The quantitative estimate of drug-likeness (QED) is 0.394. The monoisotopic (exact) mass is 419 g/mol. The number of carbonyl (C=O) groups excluding carboxylic acids is 1. The third kappa shape index (κ3) is 4.44. The zero-order valence-corrected chi connectivity index (χ0v) is 17.7. The van der Waals surface area contributed by atoms with Crippen LogP contribution in [0.5, 0.6) is 0 Å². The fourth-order valence-electron chi connectivity index (χ4n) is 3.28. The summed E-state index contributed by atoms with van der Waals surface area (Å²) in [6, 6.07) is 19.8. The molecule has 0 saturated carbocycles. The summed E-state index contributed by atoms with van der Waals surface area (Å²) in [4.78, 5) is 17.3. The predicted octanol–water partition coefficient (Wildman–Crippen LogP) is 5.92. The predicted molar refractivity (Wildman–Crippen MR) is 126 cm³/mol. The van der Waals surface area contributed by atoms with Crippen molar-refractivity contribution in [3.05, 3.63) is 71.8 Å². The molecule has 4 rings (SSSR count). The molecule has 2 N–H and O–H groups in total. The molecule has 0 radical (unpaired) electrons. The summed E-state index contributed by atoms with van der Waals surface area (Å²) >= 11 is 6.88. The zero-order chi connectivity index (χ0) is 20.2. The van der Waals surface area contributed by atoms with Crippen LogP contribution in [0.25, 0.3) is 21.0 Å². The van der Waals surface area contributed by atoms with Crippen molar-refractivity contribution in [1.82, 2.24) is 10.3 Å². The molecule has 4 aromatic rings. The SMILES string of the molecule is CCCCc1ccc2nc(NC(=S)NC(=O)c3cccc4ccccc34)sc2c1. The molecule has 0 aliphatic carbocycles. The lowest BCUT2D eigenvalue weighted by Gasteiger charge is -2.09. The Kier molecular flexibility index (Phi) is 5.83. The second-order valence-electron chi connectivity index (χ2n) is 6.86. The lowest BCUT2D eigenvalue weighted by molar-refractivity contribution is 0.0979. The Morgan fingerprint density at radius 2 is 1.93 bits per heavy atom. The molecule has 4 nitrogen and oxygen atoms in total. The van der Waals surface area contributed by atoms with Gasteiger partial charge in [-0.15, -0.1) is 0 Å². The molecule has 1 heterocycles. The molecule has 0 aliphatic rings. The van der Waals surface area contributed by atoms with Gasteiger partial charge in [0.1, 0.15) is 0 Å². The maximum atomic E-state index is 12.7. The molecule has 6 heteroatoms. The molecule has 0 unspecified atom stereocenters. The molecule has 146 valence electrons. The first-order chi connectivity index (χ1) is 14.1. The van der Waals surface area contributed by atoms with E-state index in [-0.39, 0.29) is 11.0 Å². The van der Waals surface area contributed by atoms with E-state index in [9.17, 15) is 4.79 Å². The van der Waals surface area contributed by atoms with Gasteiger partial charge < -0.3 is 5.32 Å². The van der Waals surface area contributed by atoms with Crippen molar-refractivity contribution in [1.29, 1.82) is 0 Å². The number of hydrogen-bond donors (Lipinski definition) is 2. The Balaban J connectivity index is 1.47. The summed E-state index contributed by atoms with van der Waals surface area (Å²) in [5.41, 5.74) is 2.85. The van der Waals surface area contributed by atoms with E-state index < -0.39 is 0 Å². The molecular weight excluding hydrogens is 398 g/mol. The first kappa shape index (κ1) is 19.5. The van der Waals surface area contributed by atoms with Gasteiger partial charge in [0.25, 0.3) is 5.91 Å². The number of nitrogens with zero attached hydrogens (tertiary/aromatic N) is 1. The molecule has 0 fully saturated rings. The van der Waals surface area contributed by atoms with Crippen LogP contribution in [0.3, 0.4) is 0 Å². The summed E-state index contributed by atoms with van der Waals surface area (Å²) < 4.78 is 1.12. The number of benzene rings is 3. The van der Waals surface area contributed by atoms with Gasteiger partial charge >= 0.3 is 0 Å². The summed E-state index contributed by atoms with van der Waals surface area (Å²) in [5.74, 6) is -0.234. The third-order valence-corrected chi connectivity index (χ3v) is 5.89. The average molecular weight is 420 g/mol. The Hall–Kier alpha value is -2.83. The van der Waals surface area contributed by atoms with Crippen molar-refractivity contribution in [3.63, 3.8) is 0 Å². The van der Waals surface area contributed by atoms with Gasteiger partial charge in [-0.2, -0.15) is 0 Å². The fourth-order valence-corrected chi connectivity index (χ4v) is 4.47. The second kappa shape index (κ2) is 8.68. The van der Waals surface area contributed by atoms with Crippen LogP contribution in [0.2, 0.25) is 0 Å². The van der Waals surface area contributed by atoms with E-state index in [1.54, 1.807) is 6.07 Å². The van der Waals surface area contributed by atoms with Gasteiger partial charge in [0, 0.05) is 5.56 Å². The van der Waals surface area contributed by atoms with Gasteiger partial charge in [-0.25, -0.2) is 4.98 Å². The number of nitrogens with one attached hydrogen (secondary N) is 2. The molecule has 1 aromatic heterocycles. The highest BCUT2D eigenvalue weighted by Crippen LogP contribution is 2.27. The Labute approximate surface area is 179 Å². The van der Waals surface area contributed by atoms with Crippen LogP contribution in [-0.4, -0.2) is 16.0 Å². The lowest BCUT2D eigenvalue weighted by atomic mass is 10.0. The van der Waals surface area contributed by atoms with Gasteiger partial charge in [-0.1, -0.05) is 67.1 Å². The zero-order valence-electron chi connectivity index (χ0n) is 16.1. The largest absolute Gasteiger partial charge is 0.308 e. The van der Waals surface area contributed by atoms with Crippen molar-refractivity contribution in [2.75, 3.05) is 5.32 Å². The number of aryl methyl sites for hydroxylation is 1. The van der Waals surface area contributed by atoms with Crippen LogP contribution in [0.4, 0.5) is 5.13 Å². The lowest BCUT2D eigenvalue weighted by Crippen LogP contribution is -2.34. The van der Waals surface area contributed by atoms with Gasteiger partial charge in [0.05, 0.1) is 10.2 Å². The molecule has 0 spiro atoms. The van der Waals surface area contributed by atoms with Crippen LogP contribution >= 0.6 is 23.6 Å². The summed E-state index contributed by atoms with van der Waals surface area (Å²) in [5, 5.41) is 8.65. The van der Waals surface area contributed by atoms with Crippen LogP contribution in [0.1, 0.15) is 35.7 Å². The van der Waals surface area contributed by atoms with E-state index in [1.165, 1.54) is 29.7 Å². The molecule has 0 bridgehead atoms. The molecule has 0 saturated heterocycles. The van der Waals surface area contributed by atoms with E-state index in [0.717, 1.165) is 27.4 Å². The van der Waals surface area contributed by atoms with Gasteiger partial charge in [-0.3, -0.25) is 10.1 Å². The van der Waals surface area contributed by atoms with Crippen molar-refractivity contribution in [2.24, 2.45) is 0 Å². The normalized spacial score (nSPS) is 10.9. The van der Waals surface area contributed by atoms with Crippen LogP contribution in [0.15, 0.2) is 60.7 Å². The van der Waals surface area contributed by atoms with Gasteiger partial charge in [0.15, 0.2) is 10.2 Å². The molecule has 0 aliphatic heterocycles. The smallest absolute Gasteiger partial charge is 0.258 e. The first-order valence-electron chi connectivity index (χ1n) is 9.63. The number of hydrogen-bond acceptors (Lipinski definition) is 4. The summed E-state index contributed by atoms with van der Waals surface area (Å²) in [6.07, 6.45) is 3.44. The summed E-state index contributed by atoms with van der Waals surface area (Å²) in [6.45, 7) is 2.20. The highest BCUT2D eigenvalue weighted by atomic mass is 32.1. The minimum Gasteiger partial charge on any atom is -0.308 e. The minimum absolute atomic E-state index is 0.234. The van der Waals surface area contributed by atoms with Gasteiger partial charge in [0.2, 0.25) is 0 Å². The van der Waals surface area contributed by atoms with Crippen molar-refractivity contribution < 1.29 is 4.79 Å². The molecule has 29 heavy (non-hydrogen) atoms. The van der Waals surface area contributed by atoms with E-state index in [0.29, 0.717) is 10.7 Å². The van der Waals surface area contributed by atoms with Crippen molar-refractivity contribution >= 4 is 60.7 Å². The van der Waals surface area contributed by atoms with E-state index in [2.05, 4.69) is 34.7 Å². The number of unbranched alkanes of at least 4 members (excludes halogenated alkanes) is 1. The van der Waals surface area contributed by atoms with Crippen LogP contribution in [-0.2, 0) is 6.42 Å². The minimum atomic E-state index is -0.234. The number of thiazole rings is 1. The highest BCUT2D eigenvalue weighted by Gasteiger charge is 2.13. The standard InChI is InChI=1S/C23H21N3OS2/c1-2-3-7-15-12-13-19-20(14-15)29-23(24-19)26-22(28)25-21(27)18-11-6-9-16-8-4-5-10-17(16)18/h4-6,8-14H,2-3,7H2,1H3,(H2,24,25,26,27,28). The van der Waals surface area contributed by atoms with Crippen LogP contribution < -0.4 is 10.6 Å². The fraction of sp³-hybridized carbons (Fsp3) is 0.174. The highest BCUT2D eigenvalue weighted by molar-refractivity contribution is 7.80. The number of aromatic nitrogens is 1. The van der Waals surface area contributed by atoms with E-state index in [4.69, 9.17) is 12.2 Å². The Bertz CT molecular complexity index is 1190. The Morgan fingerprint density at radius 3 is 2.79 bits per heavy atom. The Morgan fingerprint density at radius 1 is 1.10 bits per heavy atom. The van der Waals surface area contributed by atoms with Crippen molar-refractivity contribution in [3.8, 4) is 0 Å². The molecule has 3 aromatic carbocycles. The maximum Gasteiger partial charge on any atom is 0.258 e. The van der Waals surface area contributed by atoms with E-state index >= 15 is 0 Å². The topological polar surface area (TPSA) is 54.0 Å². The van der Waals surface area contributed by atoms with E-state index in [1.807, 2.05) is 42.5 Å². The molecule has 0 atom stereocenters. The molecular formula is C23H21N3OS2. The average Bonchev–Trinajstić information content (AvgIpc) is 3.12. The molecule has 1 amide bonds. The van der Waals surface area contributed by atoms with Crippen molar-refractivity contribution in [2.45, 2.75) is 26.2 Å². The number of thiocarbonyl (C=S) groups is 1. The van der Waals surface area contributed by atoms with Gasteiger partial charge in [-0.05, 0) is 59.6 Å². The third-order valence-electron chi connectivity index (χ3n) is 4.75. The number of carbonyl (C=O) groups is 1. The van der Waals surface area contributed by atoms with Crippen LogP contribution in [0, 0.1) is 0 Å². The summed E-state index contributed by atoms with van der Waals surface area (Å²) in [7, 11) is 0. The second-order valence-corrected chi connectivity index (χ2v) is 8.30. The number of fused-ring (bicyclic) bond motifs is 2.